The fourth-order valence-electron chi connectivity index (χ4n) is 0.870. The van der Waals surface area contributed by atoms with Crippen molar-refractivity contribution in [3.05, 3.63) is 29.8 Å². The van der Waals surface area contributed by atoms with E-state index in [1.807, 2.05) is 0 Å². The van der Waals surface area contributed by atoms with Crippen LogP contribution in [-0.4, -0.2) is 5.57 Å². The van der Waals surface area contributed by atoms with Crippen LogP contribution in [-0.2, 0) is 6.54 Å². The summed E-state index contributed by atoms with van der Waals surface area (Å²) < 4.78 is 28.4. The lowest BCUT2D eigenvalue weighted by molar-refractivity contribution is -0.0965. The number of benzene rings is 1. The smallest absolute Gasteiger partial charge is 0.420 e. The molecule has 72 valence electrons. The summed E-state index contributed by atoms with van der Waals surface area (Å²) in [5.74, 6) is 0.00273. The molecule has 2 N–H and O–H groups in total. The van der Waals surface area contributed by atoms with Crippen LogP contribution in [0.5, 0.6) is 5.75 Å². The van der Waals surface area contributed by atoms with Crippen molar-refractivity contribution in [3.63, 3.8) is 0 Å². The molecule has 0 unspecified atom stereocenters. The maximum atomic E-state index is 12.2. The zero-order valence-electron chi connectivity index (χ0n) is 6.64. The third-order valence-electron chi connectivity index (χ3n) is 1.37. The van der Waals surface area contributed by atoms with Crippen LogP contribution in [0.4, 0.5) is 8.78 Å². The molecule has 5 heteroatoms. The van der Waals surface area contributed by atoms with Crippen LogP contribution >= 0.6 is 11.6 Å². The van der Waals surface area contributed by atoms with Crippen molar-refractivity contribution in [2.75, 3.05) is 0 Å². The van der Waals surface area contributed by atoms with Gasteiger partial charge in [-0.1, -0.05) is 12.1 Å². The number of nitrogens with two attached hydrogens (primary N) is 1. The summed E-state index contributed by atoms with van der Waals surface area (Å²) in [5.41, 5.74) is 2.34. The average Bonchev–Trinajstić information content (AvgIpc) is 2.01. The van der Waals surface area contributed by atoms with E-state index in [-0.39, 0.29) is 12.3 Å². The van der Waals surface area contributed by atoms with E-state index in [4.69, 9.17) is 5.73 Å². The van der Waals surface area contributed by atoms with Crippen LogP contribution < -0.4 is 10.5 Å². The summed E-state index contributed by atoms with van der Waals surface area (Å²) in [4.78, 5) is 0. The van der Waals surface area contributed by atoms with Gasteiger partial charge in [0, 0.05) is 18.1 Å². The van der Waals surface area contributed by atoms with Gasteiger partial charge >= 0.3 is 5.57 Å². The van der Waals surface area contributed by atoms with Gasteiger partial charge in [-0.3, -0.25) is 0 Å². The molecule has 0 amide bonds. The Hall–Kier alpha value is -0.870. The fourth-order valence-corrected chi connectivity index (χ4v) is 0.959. The van der Waals surface area contributed by atoms with Crippen molar-refractivity contribution >= 4 is 11.6 Å². The Balaban J connectivity index is 2.78. The minimum atomic E-state index is -3.67. The summed E-state index contributed by atoms with van der Waals surface area (Å²) >= 11 is 4.58. The molecule has 2 nitrogen and oxygen atoms in total. The highest BCUT2D eigenvalue weighted by Crippen LogP contribution is 2.25. The van der Waals surface area contributed by atoms with Crippen LogP contribution in [0.25, 0.3) is 0 Å². The van der Waals surface area contributed by atoms with Crippen molar-refractivity contribution < 1.29 is 13.5 Å². The van der Waals surface area contributed by atoms with Crippen LogP contribution in [0.15, 0.2) is 24.3 Å². The third kappa shape index (κ3) is 3.57. The first kappa shape index (κ1) is 10.2. The van der Waals surface area contributed by atoms with Gasteiger partial charge < -0.3 is 10.5 Å². The van der Waals surface area contributed by atoms with Crippen molar-refractivity contribution in [2.24, 2.45) is 5.73 Å². The van der Waals surface area contributed by atoms with Gasteiger partial charge in [-0.2, -0.15) is 0 Å². The van der Waals surface area contributed by atoms with Crippen LogP contribution in [0.3, 0.4) is 0 Å². The second-order valence-corrected chi connectivity index (χ2v) is 2.84. The first-order valence-corrected chi connectivity index (χ1v) is 3.94. The average molecular weight is 208 g/mol. The van der Waals surface area contributed by atoms with Gasteiger partial charge in [-0.05, 0) is 17.7 Å². The molecule has 0 saturated carbocycles. The molecular formula is C8H8ClF2NO. The van der Waals surface area contributed by atoms with Crippen molar-refractivity contribution in [3.8, 4) is 5.75 Å². The van der Waals surface area contributed by atoms with Gasteiger partial charge in [0.15, 0.2) is 0 Å². The van der Waals surface area contributed by atoms with Gasteiger partial charge in [0.05, 0.1) is 0 Å². The maximum absolute atomic E-state index is 12.2. The zero-order chi connectivity index (χ0) is 9.90. The molecule has 0 heterocycles. The molecular weight excluding hydrogens is 200 g/mol. The largest absolute Gasteiger partial charge is 0.487 e. The molecule has 0 aromatic heterocycles. The molecule has 0 bridgehead atoms. The highest BCUT2D eigenvalue weighted by molar-refractivity contribution is 6.20. The summed E-state index contributed by atoms with van der Waals surface area (Å²) in [6.45, 7) is 0.269. The molecule has 0 spiro atoms. The fraction of sp³-hybridized carbons (Fsp3) is 0.250. The van der Waals surface area contributed by atoms with Gasteiger partial charge in [-0.15, -0.1) is 8.78 Å². The van der Waals surface area contributed by atoms with E-state index in [0.29, 0.717) is 5.56 Å². The molecule has 0 atom stereocenters. The number of alkyl halides is 3. The molecule has 1 rings (SSSR count). The van der Waals surface area contributed by atoms with Crippen LogP contribution in [0.1, 0.15) is 5.56 Å². The first-order valence-electron chi connectivity index (χ1n) is 3.56. The Labute approximate surface area is 79.2 Å². The topological polar surface area (TPSA) is 35.2 Å². The molecule has 0 aliphatic rings. The van der Waals surface area contributed by atoms with Crippen LogP contribution in [0.2, 0.25) is 0 Å². The monoisotopic (exact) mass is 207 g/mol. The van der Waals surface area contributed by atoms with E-state index in [0.717, 1.165) is 0 Å². The Kier molecular flexibility index (Phi) is 3.06. The predicted molar refractivity (Wildman–Crippen MR) is 45.8 cm³/mol. The summed E-state index contributed by atoms with van der Waals surface area (Å²) in [5, 5.41) is 0. The molecule has 1 aromatic rings. The summed E-state index contributed by atoms with van der Waals surface area (Å²) in [7, 11) is 0. The first-order chi connectivity index (χ1) is 6.01. The van der Waals surface area contributed by atoms with Gasteiger partial charge in [0.2, 0.25) is 0 Å². The maximum Gasteiger partial charge on any atom is 0.487 e. The van der Waals surface area contributed by atoms with Crippen LogP contribution in [0, 0.1) is 0 Å². The number of halogens is 3. The quantitative estimate of drug-likeness (QED) is 0.772. The third-order valence-corrected chi connectivity index (χ3v) is 1.44. The van der Waals surface area contributed by atoms with Crippen molar-refractivity contribution in [1.82, 2.24) is 0 Å². The Morgan fingerprint density at radius 3 is 2.69 bits per heavy atom. The molecule has 0 aliphatic heterocycles. The second-order valence-electron chi connectivity index (χ2n) is 2.40. The van der Waals surface area contributed by atoms with Gasteiger partial charge in [0.25, 0.3) is 0 Å². The molecule has 0 radical (unpaired) electrons. The summed E-state index contributed by atoms with van der Waals surface area (Å²) in [6.07, 6.45) is 0. The Morgan fingerprint density at radius 2 is 2.15 bits per heavy atom. The van der Waals surface area contributed by atoms with E-state index in [2.05, 4.69) is 16.3 Å². The van der Waals surface area contributed by atoms with Crippen molar-refractivity contribution in [2.45, 2.75) is 12.1 Å². The van der Waals surface area contributed by atoms with E-state index in [9.17, 15) is 8.78 Å². The van der Waals surface area contributed by atoms with Crippen molar-refractivity contribution in [1.29, 1.82) is 0 Å². The highest BCUT2D eigenvalue weighted by atomic mass is 35.5. The van der Waals surface area contributed by atoms with Gasteiger partial charge in [0.1, 0.15) is 5.75 Å². The molecule has 13 heavy (non-hydrogen) atoms. The molecule has 1 aromatic carbocycles. The van der Waals surface area contributed by atoms with Gasteiger partial charge in [-0.25, -0.2) is 0 Å². The molecule has 0 fully saturated rings. The lowest BCUT2D eigenvalue weighted by Gasteiger charge is -2.10. The Morgan fingerprint density at radius 1 is 1.46 bits per heavy atom. The SMILES string of the molecule is NCc1cccc(OC(F)(F)Cl)c1. The highest BCUT2D eigenvalue weighted by Gasteiger charge is 2.27. The predicted octanol–water partition coefficient (Wildman–Crippen LogP) is 2.31. The molecule has 0 aliphatic carbocycles. The number of rotatable bonds is 3. The van der Waals surface area contributed by atoms with E-state index >= 15 is 0 Å². The number of hydrogen-bond acceptors (Lipinski definition) is 2. The number of hydrogen-bond donors (Lipinski definition) is 1. The van der Waals surface area contributed by atoms with E-state index in [1.165, 1.54) is 12.1 Å². The normalized spacial score (nSPS) is 11.4. The zero-order valence-corrected chi connectivity index (χ0v) is 7.39. The van der Waals surface area contributed by atoms with E-state index in [1.54, 1.807) is 12.1 Å². The lowest BCUT2D eigenvalue weighted by Crippen LogP contribution is -2.15. The molecule has 0 saturated heterocycles. The van der Waals surface area contributed by atoms with E-state index < -0.39 is 5.57 Å². The minimum absolute atomic E-state index is 0.00273. The lowest BCUT2D eigenvalue weighted by atomic mass is 10.2. The minimum Gasteiger partial charge on any atom is -0.420 e. The second kappa shape index (κ2) is 3.89. The number of ether oxygens (including phenoxy) is 1. The standard InChI is InChI=1S/C8H8ClF2NO/c9-8(10,11)13-7-3-1-2-6(4-7)5-12/h1-4H,5,12H2. The Bertz CT molecular complexity index is 288. The summed E-state index contributed by atoms with van der Waals surface area (Å²) in [6, 6.07) is 6.07.